The molecule has 0 heterocycles. The lowest BCUT2D eigenvalue weighted by Crippen LogP contribution is -2.31. The Balaban J connectivity index is 2.58. The van der Waals surface area contributed by atoms with Crippen LogP contribution in [0.25, 0.3) is 0 Å². The van der Waals surface area contributed by atoms with Crippen molar-refractivity contribution in [2.75, 3.05) is 13.7 Å². The molecule has 4 nitrogen and oxygen atoms in total. The van der Waals surface area contributed by atoms with Crippen molar-refractivity contribution in [2.24, 2.45) is 0 Å². The lowest BCUT2D eigenvalue weighted by atomic mass is 10.1. The SMILES string of the molecule is CCCCNC(=O)C(=O)c1ccc(OC)cc1. The van der Waals surface area contributed by atoms with E-state index in [2.05, 4.69) is 5.32 Å². The van der Waals surface area contributed by atoms with Gasteiger partial charge in [0.2, 0.25) is 5.78 Å². The molecule has 1 amide bonds. The Bertz CT molecular complexity index is 384. The van der Waals surface area contributed by atoms with Gasteiger partial charge in [-0.05, 0) is 30.7 Å². The third-order valence-corrected chi connectivity index (χ3v) is 2.37. The van der Waals surface area contributed by atoms with Gasteiger partial charge in [-0.25, -0.2) is 0 Å². The van der Waals surface area contributed by atoms with E-state index in [0.29, 0.717) is 17.9 Å². The maximum Gasteiger partial charge on any atom is 0.292 e. The first-order chi connectivity index (χ1) is 8.19. The number of Topliss-reactive ketones (excluding diaryl/α,β-unsaturated/α-hetero) is 1. The summed E-state index contributed by atoms with van der Waals surface area (Å²) in [6.45, 7) is 2.56. The summed E-state index contributed by atoms with van der Waals surface area (Å²) in [5.41, 5.74) is 0.375. The fourth-order valence-electron chi connectivity index (χ4n) is 1.33. The molecule has 0 spiro atoms. The molecule has 17 heavy (non-hydrogen) atoms. The molecule has 1 aromatic rings. The zero-order valence-corrected chi connectivity index (χ0v) is 10.2. The molecule has 1 rings (SSSR count). The monoisotopic (exact) mass is 235 g/mol. The summed E-state index contributed by atoms with van der Waals surface area (Å²) in [6, 6.07) is 6.49. The molecule has 1 aromatic carbocycles. The van der Waals surface area contributed by atoms with E-state index in [1.54, 1.807) is 31.4 Å². The van der Waals surface area contributed by atoms with Crippen molar-refractivity contribution in [3.8, 4) is 5.75 Å². The first-order valence-corrected chi connectivity index (χ1v) is 5.65. The molecule has 92 valence electrons. The van der Waals surface area contributed by atoms with Crippen molar-refractivity contribution in [1.29, 1.82) is 0 Å². The fraction of sp³-hybridized carbons (Fsp3) is 0.385. The number of ketones is 1. The van der Waals surface area contributed by atoms with E-state index in [4.69, 9.17) is 4.74 Å². The zero-order valence-electron chi connectivity index (χ0n) is 10.2. The molecule has 0 saturated heterocycles. The number of amides is 1. The van der Waals surface area contributed by atoms with Crippen molar-refractivity contribution >= 4 is 11.7 Å². The second kappa shape index (κ2) is 6.68. The normalized spacial score (nSPS) is 9.76. The summed E-state index contributed by atoms with van der Waals surface area (Å²) in [4.78, 5) is 23.2. The van der Waals surface area contributed by atoms with Gasteiger partial charge in [0.25, 0.3) is 5.91 Å². The predicted molar refractivity (Wildman–Crippen MR) is 65.2 cm³/mol. The van der Waals surface area contributed by atoms with Gasteiger partial charge in [0.05, 0.1) is 7.11 Å². The Morgan fingerprint density at radius 3 is 2.41 bits per heavy atom. The van der Waals surface area contributed by atoms with Gasteiger partial charge in [-0.2, -0.15) is 0 Å². The van der Waals surface area contributed by atoms with E-state index in [-0.39, 0.29) is 0 Å². The van der Waals surface area contributed by atoms with E-state index in [1.165, 1.54) is 0 Å². The number of ether oxygens (including phenoxy) is 1. The summed E-state index contributed by atoms with van der Waals surface area (Å²) in [7, 11) is 1.55. The van der Waals surface area contributed by atoms with Gasteiger partial charge in [0.1, 0.15) is 5.75 Å². The highest BCUT2D eigenvalue weighted by atomic mass is 16.5. The summed E-state index contributed by atoms with van der Waals surface area (Å²) in [5, 5.41) is 2.59. The van der Waals surface area contributed by atoms with Crippen molar-refractivity contribution in [3.05, 3.63) is 29.8 Å². The van der Waals surface area contributed by atoms with Crippen LogP contribution in [0, 0.1) is 0 Å². The van der Waals surface area contributed by atoms with Crippen LogP contribution >= 0.6 is 0 Å². The number of benzene rings is 1. The molecule has 0 bridgehead atoms. The van der Waals surface area contributed by atoms with Crippen molar-refractivity contribution in [3.63, 3.8) is 0 Å². The number of nitrogens with one attached hydrogen (secondary N) is 1. The van der Waals surface area contributed by atoms with E-state index in [1.807, 2.05) is 6.92 Å². The van der Waals surface area contributed by atoms with Crippen LogP contribution in [0.5, 0.6) is 5.75 Å². The van der Waals surface area contributed by atoms with E-state index >= 15 is 0 Å². The molecule has 4 heteroatoms. The Morgan fingerprint density at radius 1 is 1.24 bits per heavy atom. The lowest BCUT2D eigenvalue weighted by molar-refractivity contribution is -0.117. The smallest absolute Gasteiger partial charge is 0.292 e. The molecule has 0 unspecified atom stereocenters. The van der Waals surface area contributed by atoms with Crippen LogP contribution in [0.4, 0.5) is 0 Å². The second-order valence-corrected chi connectivity index (χ2v) is 3.67. The van der Waals surface area contributed by atoms with E-state index in [0.717, 1.165) is 12.8 Å². The quantitative estimate of drug-likeness (QED) is 0.464. The van der Waals surface area contributed by atoms with Crippen LogP contribution in [0.15, 0.2) is 24.3 Å². The Labute approximate surface area is 101 Å². The summed E-state index contributed by atoms with van der Waals surface area (Å²) >= 11 is 0. The molecular formula is C13H17NO3. The Morgan fingerprint density at radius 2 is 1.88 bits per heavy atom. The topological polar surface area (TPSA) is 55.4 Å². The molecule has 0 aliphatic rings. The number of hydrogen-bond acceptors (Lipinski definition) is 3. The maximum absolute atomic E-state index is 11.7. The van der Waals surface area contributed by atoms with Gasteiger partial charge in [-0.3, -0.25) is 9.59 Å². The minimum Gasteiger partial charge on any atom is -0.497 e. The fourth-order valence-corrected chi connectivity index (χ4v) is 1.33. The first kappa shape index (κ1) is 13.2. The summed E-state index contributed by atoms with van der Waals surface area (Å²) in [6.07, 6.45) is 1.86. The molecule has 1 N–H and O–H groups in total. The van der Waals surface area contributed by atoms with Crippen LogP contribution in [-0.4, -0.2) is 25.3 Å². The van der Waals surface area contributed by atoms with Crippen molar-refractivity contribution in [2.45, 2.75) is 19.8 Å². The second-order valence-electron chi connectivity index (χ2n) is 3.67. The lowest BCUT2D eigenvalue weighted by Gasteiger charge is -2.04. The highest BCUT2D eigenvalue weighted by molar-refractivity contribution is 6.42. The first-order valence-electron chi connectivity index (χ1n) is 5.65. The molecule has 0 aliphatic carbocycles. The number of carbonyl (C=O) groups is 2. The average molecular weight is 235 g/mol. The minimum atomic E-state index is -0.552. The third-order valence-electron chi connectivity index (χ3n) is 2.37. The number of hydrogen-bond donors (Lipinski definition) is 1. The van der Waals surface area contributed by atoms with Gasteiger partial charge in [0.15, 0.2) is 0 Å². The highest BCUT2D eigenvalue weighted by Crippen LogP contribution is 2.11. The number of carbonyl (C=O) groups excluding carboxylic acids is 2. The summed E-state index contributed by atoms with van der Waals surface area (Å²) in [5.74, 6) is -0.402. The zero-order chi connectivity index (χ0) is 12.7. The summed E-state index contributed by atoms with van der Waals surface area (Å²) < 4.78 is 4.98. The molecule has 0 aliphatic heterocycles. The molecule has 0 fully saturated rings. The average Bonchev–Trinajstić information content (AvgIpc) is 2.38. The molecular weight excluding hydrogens is 218 g/mol. The van der Waals surface area contributed by atoms with Crippen molar-refractivity contribution in [1.82, 2.24) is 5.32 Å². The van der Waals surface area contributed by atoms with Gasteiger partial charge in [-0.15, -0.1) is 0 Å². The van der Waals surface area contributed by atoms with Crippen LogP contribution < -0.4 is 10.1 Å². The van der Waals surface area contributed by atoms with Crippen LogP contribution in [-0.2, 0) is 4.79 Å². The van der Waals surface area contributed by atoms with Gasteiger partial charge >= 0.3 is 0 Å². The number of methoxy groups -OCH3 is 1. The standard InChI is InChI=1S/C13H17NO3/c1-3-4-9-14-13(16)12(15)10-5-7-11(17-2)8-6-10/h5-8H,3-4,9H2,1-2H3,(H,14,16). The molecule has 0 aromatic heterocycles. The van der Waals surface area contributed by atoms with Crippen LogP contribution in [0.1, 0.15) is 30.1 Å². The van der Waals surface area contributed by atoms with E-state index < -0.39 is 11.7 Å². The molecule has 0 atom stereocenters. The van der Waals surface area contributed by atoms with Crippen LogP contribution in [0.2, 0.25) is 0 Å². The Kier molecular flexibility index (Phi) is 5.20. The molecule has 0 radical (unpaired) electrons. The third kappa shape index (κ3) is 3.90. The highest BCUT2D eigenvalue weighted by Gasteiger charge is 2.15. The van der Waals surface area contributed by atoms with Crippen LogP contribution in [0.3, 0.4) is 0 Å². The van der Waals surface area contributed by atoms with Crippen molar-refractivity contribution < 1.29 is 14.3 Å². The maximum atomic E-state index is 11.7. The minimum absolute atomic E-state index is 0.375. The largest absolute Gasteiger partial charge is 0.497 e. The molecule has 0 saturated carbocycles. The van der Waals surface area contributed by atoms with Gasteiger partial charge < -0.3 is 10.1 Å². The van der Waals surface area contributed by atoms with Gasteiger partial charge in [0, 0.05) is 12.1 Å². The van der Waals surface area contributed by atoms with E-state index in [9.17, 15) is 9.59 Å². The number of unbranched alkanes of at least 4 members (excludes halogenated alkanes) is 1. The number of rotatable bonds is 6. The van der Waals surface area contributed by atoms with Gasteiger partial charge in [-0.1, -0.05) is 13.3 Å². The predicted octanol–water partition coefficient (Wildman–Crippen LogP) is 1.79. The Hall–Kier alpha value is -1.84.